The molecule has 0 spiro atoms. The Kier molecular flexibility index (Phi) is 6.48. The number of hydrogen-bond donors (Lipinski definition) is 0. The van der Waals surface area contributed by atoms with Crippen LogP contribution < -0.4 is 4.74 Å². The van der Waals surface area contributed by atoms with Crippen LogP contribution in [0.1, 0.15) is 39.9 Å². The van der Waals surface area contributed by atoms with Crippen molar-refractivity contribution in [2.24, 2.45) is 7.05 Å². The van der Waals surface area contributed by atoms with E-state index in [9.17, 15) is 4.79 Å². The van der Waals surface area contributed by atoms with Crippen LogP contribution in [0.5, 0.6) is 5.88 Å². The van der Waals surface area contributed by atoms with Gasteiger partial charge in [-0.2, -0.15) is 0 Å². The predicted molar refractivity (Wildman–Crippen MR) is 144 cm³/mol. The molecule has 1 aromatic carbocycles. The minimum Gasteiger partial charge on any atom is -0.480 e. The molecule has 0 radical (unpaired) electrons. The Morgan fingerprint density at radius 1 is 1.19 bits per heavy atom. The van der Waals surface area contributed by atoms with Gasteiger partial charge >= 0.3 is 0 Å². The van der Waals surface area contributed by atoms with Gasteiger partial charge < -0.3 is 18.9 Å². The fourth-order valence-corrected chi connectivity index (χ4v) is 6.54. The normalized spacial score (nSPS) is 16.4. The Balaban J connectivity index is 1.30. The van der Waals surface area contributed by atoms with Crippen molar-refractivity contribution in [2.45, 2.75) is 31.7 Å². The highest BCUT2D eigenvalue weighted by molar-refractivity contribution is 7.11. The number of carbonyl (C=O) groups is 1. The van der Waals surface area contributed by atoms with Crippen molar-refractivity contribution < 1.29 is 14.3 Å². The van der Waals surface area contributed by atoms with E-state index >= 15 is 0 Å². The zero-order chi connectivity index (χ0) is 25.4. The lowest BCUT2D eigenvalue weighted by molar-refractivity contribution is -0.126. The molecule has 8 nitrogen and oxygen atoms in total. The van der Waals surface area contributed by atoms with E-state index in [4.69, 9.17) is 14.5 Å². The van der Waals surface area contributed by atoms with Crippen LogP contribution in [0, 0.1) is 0 Å². The van der Waals surface area contributed by atoms with E-state index in [0.717, 1.165) is 66.0 Å². The van der Waals surface area contributed by atoms with Crippen molar-refractivity contribution in [3.63, 3.8) is 0 Å². The lowest BCUT2D eigenvalue weighted by atomic mass is 10.0. The second kappa shape index (κ2) is 10.1. The summed E-state index contributed by atoms with van der Waals surface area (Å²) in [7, 11) is 3.57. The highest BCUT2D eigenvalue weighted by Gasteiger charge is 2.27. The Bertz CT molecular complexity index is 1470. The fraction of sp³-hybridized carbons (Fsp3) is 0.357. The molecule has 5 heterocycles. The van der Waals surface area contributed by atoms with Gasteiger partial charge in [0, 0.05) is 55.7 Å². The van der Waals surface area contributed by atoms with Crippen molar-refractivity contribution in [3.8, 4) is 17.1 Å². The van der Waals surface area contributed by atoms with Crippen LogP contribution in [0.4, 0.5) is 0 Å². The summed E-state index contributed by atoms with van der Waals surface area (Å²) in [5, 5.41) is 1.99. The largest absolute Gasteiger partial charge is 0.480 e. The molecule has 0 saturated carbocycles. The van der Waals surface area contributed by atoms with Crippen molar-refractivity contribution in [2.75, 3.05) is 26.9 Å². The summed E-state index contributed by atoms with van der Waals surface area (Å²) < 4.78 is 13.1. The van der Waals surface area contributed by atoms with E-state index in [1.807, 2.05) is 52.1 Å². The summed E-state index contributed by atoms with van der Waals surface area (Å²) in [6.45, 7) is 2.85. The maximum absolute atomic E-state index is 13.4. The first-order valence-corrected chi connectivity index (χ1v) is 13.4. The number of hydrogen-bond acceptors (Lipinski definition) is 7. The SMILES string of the molecule is COc1ncnc2c1c(/C=C/C(=O)N1CCc3sc(C4CCOCC4)nc3C1)c(-c1ccccc1)n2C. The highest BCUT2D eigenvalue weighted by atomic mass is 32.1. The Morgan fingerprint density at radius 3 is 2.78 bits per heavy atom. The number of thiazole rings is 1. The second-order valence-electron chi connectivity index (χ2n) is 9.42. The van der Waals surface area contributed by atoms with E-state index in [1.165, 1.54) is 16.2 Å². The molecule has 0 bridgehead atoms. The topological polar surface area (TPSA) is 82.4 Å². The van der Waals surface area contributed by atoms with E-state index < -0.39 is 0 Å². The van der Waals surface area contributed by atoms with Crippen LogP contribution in [-0.4, -0.2) is 57.2 Å². The summed E-state index contributed by atoms with van der Waals surface area (Å²) >= 11 is 1.82. The molecule has 1 fully saturated rings. The molecule has 3 aromatic heterocycles. The Morgan fingerprint density at radius 2 is 2.00 bits per heavy atom. The van der Waals surface area contributed by atoms with Crippen molar-refractivity contribution in [1.82, 2.24) is 24.4 Å². The number of fused-ring (bicyclic) bond motifs is 2. The third-order valence-corrected chi connectivity index (χ3v) is 8.55. The Labute approximate surface area is 219 Å². The third kappa shape index (κ3) is 4.42. The lowest BCUT2D eigenvalue weighted by Crippen LogP contribution is -2.34. The number of ether oxygens (including phenoxy) is 2. The van der Waals surface area contributed by atoms with E-state index in [0.29, 0.717) is 24.9 Å². The molecular formula is C28H29N5O3S. The van der Waals surface area contributed by atoms with Crippen LogP contribution in [0.2, 0.25) is 0 Å². The number of aryl methyl sites for hydroxylation is 1. The molecule has 2 aliphatic heterocycles. The van der Waals surface area contributed by atoms with Gasteiger partial charge in [0.25, 0.3) is 0 Å². The number of aromatic nitrogens is 4. The number of carbonyl (C=O) groups excluding carboxylic acids is 1. The lowest BCUT2D eigenvalue weighted by Gasteiger charge is -2.24. The van der Waals surface area contributed by atoms with Gasteiger partial charge in [-0.3, -0.25) is 4.79 Å². The summed E-state index contributed by atoms with van der Waals surface area (Å²) in [4.78, 5) is 30.3. The molecule has 0 N–H and O–H groups in total. The number of rotatable bonds is 5. The fourth-order valence-electron chi connectivity index (χ4n) is 5.30. The predicted octanol–water partition coefficient (Wildman–Crippen LogP) is 4.59. The van der Waals surface area contributed by atoms with Gasteiger partial charge in [0.1, 0.15) is 12.0 Å². The number of amides is 1. The maximum atomic E-state index is 13.4. The third-order valence-electron chi connectivity index (χ3n) is 7.23. The monoisotopic (exact) mass is 515 g/mol. The van der Waals surface area contributed by atoms with Gasteiger partial charge in [-0.25, -0.2) is 15.0 Å². The van der Waals surface area contributed by atoms with E-state index in [-0.39, 0.29) is 5.91 Å². The van der Waals surface area contributed by atoms with Gasteiger partial charge in [-0.1, -0.05) is 30.3 Å². The van der Waals surface area contributed by atoms with E-state index in [2.05, 4.69) is 22.1 Å². The summed E-state index contributed by atoms with van der Waals surface area (Å²) in [6.07, 6.45) is 7.94. The van der Waals surface area contributed by atoms with Gasteiger partial charge in [0.05, 0.1) is 35.4 Å². The molecule has 0 aliphatic carbocycles. The standard InChI is InChI=1S/C28H29N5O3S/c1-32-25(18-6-4-3-5-7-18)20(24-26(32)29-17-30-27(24)35-2)8-9-23(34)33-13-10-22-21(16-33)31-28(37-22)19-11-14-36-15-12-19/h3-9,17,19H,10-16H2,1-2H3/b9-8+. The van der Waals surface area contributed by atoms with Crippen molar-refractivity contribution >= 4 is 34.4 Å². The molecule has 190 valence electrons. The minimum atomic E-state index is -0.0295. The van der Waals surface area contributed by atoms with Gasteiger partial charge in [-0.05, 0) is 24.5 Å². The van der Waals surface area contributed by atoms with E-state index in [1.54, 1.807) is 13.2 Å². The molecular weight excluding hydrogens is 486 g/mol. The molecule has 0 unspecified atom stereocenters. The van der Waals surface area contributed by atoms with Crippen LogP contribution in [0.15, 0.2) is 42.7 Å². The van der Waals surface area contributed by atoms with Crippen molar-refractivity contribution in [3.05, 3.63) is 63.9 Å². The smallest absolute Gasteiger partial charge is 0.246 e. The van der Waals surface area contributed by atoms with Gasteiger partial charge in [0.2, 0.25) is 11.8 Å². The first kappa shape index (κ1) is 23.8. The summed E-state index contributed by atoms with van der Waals surface area (Å²) in [5.41, 5.74) is 4.65. The number of methoxy groups -OCH3 is 1. The van der Waals surface area contributed by atoms with Crippen LogP contribution in [-0.2, 0) is 29.5 Å². The average molecular weight is 516 g/mol. The zero-order valence-electron chi connectivity index (χ0n) is 21.0. The minimum absolute atomic E-state index is 0.0295. The molecule has 9 heteroatoms. The highest BCUT2D eigenvalue weighted by Crippen LogP contribution is 2.37. The van der Waals surface area contributed by atoms with Gasteiger partial charge in [0.15, 0.2) is 0 Å². The number of benzene rings is 1. The molecule has 2 aliphatic rings. The molecule has 1 amide bonds. The molecule has 1 saturated heterocycles. The average Bonchev–Trinajstić information content (AvgIpc) is 3.51. The molecule has 4 aromatic rings. The van der Waals surface area contributed by atoms with Crippen LogP contribution >= 0.6 is 11.3 Å². The second-order valence-corrected chi connectivity index (χ2v) is 10.5. The van der Waals surface area contributed by atoms with Crippen LogP contribution in [0.3, 0.4) is 0 Å². The maximum Gasteiger partial charge on any atom is 0.246 e. The van der Waals surface area contributed by atoms with Gasteiger partial charge in [-0.15, -0.1) is 11.3 Å². The van der Waals surface area contributed by atoms with Crippen molar-refractivity contribution in [1.29, 1.82) is 0 Å². The molecule has 37 heavy (non-hydrogen) atoms. The first-order chi connectivity index (χ1) is 18.1. The quantitative estimate of drug-likeness (QED) is 0.362. The van der Waals surface area contributed by atoms with Crippen LogP contribution in [0.25, 0.3) is 28.4 Å². The molecule has 6 rings (SSSR count). The summed E-state index contributed by atoms with van der Waals surface area (Å²) in [5.74, 6) is 0.937. The number of nitrogens with zero attached hydrogens (tertiary/aromatic N) is 5. The first-order valence-electron chi connectivity index (χ1n) is 12.6. The zero-order valence-corrected chi connectivity index (χ0v) is 21.8. The summed E-state index contributed by atoms with van der Waals surface area (Å²) in [6, 6.07) is 10.1. The Hall–Kier alpha value is -3.56. The molecule has 0 atom stereocenters.